The van der Waals surface area contributed by atoms with Crippen molar-refractivity contribution in [3.05, 3.63) is 36.5 Å². The van der Waals surface area contributed by atoms with Gasteiger partial charge < -0.3 is 34.6 Å². The van der Waals surface area contributed by atoms with Gasteiger partial charge in [0.1, 0.15) is 6.61 Å². The van der Waals surface area contributed by atoms with Crippen molar-refractivity contribution < 1.29 is 53.3 Å². The SMILES string of the molecule is CCCCCCCC/C=C\CCCCCCCCCCCCCC(=O)OC[C@H](COP(=O)(O)O)OC(=O)CCC/C=C/C[C@@H]1[C@@H](/C=C/[C@@H](O)CCCCC)[C@H](O)C[C@@H]1O. The van der Waals surface area contributed by atoms with Crippen LogP contribution in [0.1, 0.15) is 200 Å². The first kappa shape index (κ1) is 55.2. The third-order valence-corrected chi connectivity index (χ3v) is 11.7. The fourth-order valence-electron chi connectivity index (χ4n) is 7.60. The first-order valence-electron chi connectivity index (χ1n) is 23.5. The summed E-state index contributed by atoms with van der Waals surface area (Å²) < 4.78 is 26.5. The summed E-state index contributed by atoms with van der Waals surface area (Å²) in [6.07, 6.45) is 38.2. The molecule has 0 amide bonds. The Morgan fingerprint density at radius 1 is 0.644 bits per heavy atom. The fourth-order valence-corrected chi connectivity index (χ4v) is 7.96. The van der Waals surface area contributed by atoms with Crippen molar-refractivity contribution >= 4 is 19.8 Å². The average molecular weight is 857 g/mol. The number of aliphatic hydroxyl groups is 3. The van der Waals surface area contributed by atoms with E-state index in [1.165, 1.54) is 96.3 Å². The predicted octanol–water partition coefficient (Wildman–Crippen LogP) is 10.9. The van der Waals surface area contributed by atoms with Crippen molar-refractivity contribution in [1.82, 2.24) is 0 Å². The van der Waals surface area contributed by atoms with Crippen LogP contribution in [0.15, 0.2) is 36.5 Å². The molecular weight excluding hydrogens is 771 g/mol. The van der Waals surface area contributed by atoms with Crippen LogP contribution in [0.25, 0.3) is 0 Å². The molecule has 11 nitrogen and oxygen atoms in total. The van der Waals surface area contributed by atoms with Crippen LogP contribution < -0.4 is 0 Å². The first-order valence-corrected chi connectivity index (χ1v) is 25.1. The molecule has 0 aromatic carbocycles. The van der Waals surface area contributed by atoms with E-state index in [4.69, 9.17) is 19.3 Å². The monoisotopic (exact) mass is 857 g/mol. The van der Waals surface area contributed by atoms with Gasteiger partial charge in [0.25, 0.3) is 0 Å². The van der Waals surface area contributed by atoms with E-state index >= 15 is 0 Å². The number of phosphoric ester groups is 1. The molecule has 0 saturated heterocycles. The molecule has 1 saturated carbocycles. The summed E-state index contributed by atoms with van der Waals surface area (Å²) in [5.41, 5.74) is 0. The summed E-state index contributed by atoms with van der Waals surface area (Å²) in [5.74, 6) is -1.50. The largest absolute Gasteiger partial charge is 0.469 e. The molecule has 344 valence electrons. The Labute approximate surface area is 358 Å². The van der Waals surface area contributed by atoms with Gasteiger partial charge in [0, 0.05) is 25.2 Å². The maximum absolute atomic E-state index is 12.5. The van der Waals surface area contributed by atoms with Crippen LogP contribution >= 0.6 is 7.82 Å². The second-order valence-corrected chi connectivity index (χ2v) is 17.9. The minimum Gasteiger partial charge on any atom is -0.462 e. The molecular formula is C47H85O11P. The molecule has 1 rings (SSSR count). The van der Waals surface area contributed by atoms with Crippen LogP contribution in [0.3, 0.4) is 0 Å². The molecule has 12 heteroatoms. The van der Waals surface area contributed by atoms with Crippen LogP contribution in [0.4, 0.5) is 0 Å². The minimum absolute atomic E-state index is 0.0357. The van der Waals surface area contributed by atoms with Crippen LogP contribution in [0, 0.1) is 11.8 Å². The normalized spacial score (nSPS) is 19.6. The van der Waals surface area contributed by atoms with Crippen molar-refractivity contribution in [3.63, 3.8) is 0 Å². The van der Waals surface area contributed by atoms with Gasteiger partial charge in [0.2, 0.25) is 0 Å². The number of phosphoric acid groups is 1. The van der Waals surface area contributed by atoms with Gasteiger partial charge in [-0.15, -0.1) is 0 Å². The fraction of sp³-hybridized carbons (Fsp3) is 0.830. The van der Waals surface area contributed by atoms with E-state index < -0.39 is 50.8 Å². The molecule has 0 spiro atoms. The maximum Gasteiger partial charge on any atom is 0.469 e. The van der Waals surface area contributed by atoms with E-state index in [9.17, 15) is 29.5 Å². The summed E-state index contributed by atoms with van der Waals surface area (Å²) >= 11 is 0. The summed E-state index contributed by atoms with van der Waals surface area (Å²) in [6, 6.07) is 0. The Morgan fingerprint density at radius 3 is 1.75 bits per heavy atom. The van der Waals surface area contributed by atoms with E-state index in [0.717, 1.165) is 38.5 Å². The molecule has 0 heterocycles. The Kier molecular flexibility index (Phi) is 34.4. The number of esters is 2. The molecule has 0 unspecified atom stereocenters. The zero-order valence-electron chi connectivity index (χ0n) is 37.0. The number of carbonyl (C=O) groups is 2. The van der Waals surface area contributed by atoms with Gasteiger partial charge >= 0.3 is 19.8 Å². The molecule has 0 aromatic rings. The van der Waals surface area contributed by atoms with E-state index in [-0.39, 0.29) is 37.7 Å². The number of carbonyl (C=O) groups excluding carboxylic acids is 2. The van der Waals surface area contributed by atoms with Gasteiger partial charge in [0.15, 0.2) is 6.10 Å². The van der Waals surface area contributed by atoms with Crippen molar-refractivity contribution in [1.29, 1.82) is 0 Å². The van der Waals surface area contributed by atoms with Crippen LogP contribution in [0.5, 0.6) is 0 Å². The number of ether oxygens (including phenoxy) is 2. The summed E-state index contributed by atoms with van der Waals surface area (Å²) in [6.45, 7) is 3.40. The highest BCUT2D eigenvalue weighted by atomic mass is 31.2. The van der Waals surface area contributed by atoms with Gasteiger partial charge in [-0.1, -0.05) is 159 Å². The van der Waals surface area contributed by atoms with E-state index in [1.807, 2.05) is 18.2 Å². The van der Waals surface area contributed by atoms with Crippen LogP contribution in [-0.2, 0) is 28.2 Å². The maximum atomic E-state index is 12.5. The van der Waals surface area contributed by atoms with Gasteiger partial charge in [-0.05, 0) is 63.7 Å². The smallest absolute Gasteiger partial charge is 0.462 e. The minimum atomic E-state index is -4.83. The van der Waals surface area contributed by atoms with Crippen molar-refractivity contribution in [2.75, 3.05) is 13.2 Å². The number of aliphatic hydroxyl groups excluding tert-OH is 3. The van der Waals surface area contributed by atoms with Gasteiger partial charge in [-0.2, -0.15) is 0 Å². The molecule has 1 aliphatic rings. The van der Waals surface area contributed by atoms with E-state index in [2.05, 4.69) is 30.5 Å². The van der Waals surface area contributed by atoms with E-state index in [1.54, 1.807) is 6.08 Å². The van der Waals surface area contributed by atoms with Crippen molar-refractivity contribution in [2.24, 2.45) is 11.8 Å². The van der Waals surface area contributed by atoms with Crippen molar-refractivity contribution in [2.45, 2.75) is 224 Å². The Bertz CT molecular complexity index is 1170. The Hall–Kier alpha value is -1.85. The molecule has 1 aliphatic carbocycles. The molecule has 0 radical (unpaired) electrons. The van der Waals surface area contributed by atoms with Gasteiger partial charge in [0.05, 0.1) is 24.9 Å². The van der Waals surface area contributed by atoms with Gasteiger partial charge in [-0.3, -0.25) is 14.1 Å². The van der Waals surface area contributed by atoms with Crippen LogP contribution in [-0.4, -0.2) is 74.7 Å². The lowest BCUT2D eigenvalue weighted by atomic mass is 9.89. The zero-order valence-corrected chi connectivity index (χ0v) is 37.9. The predicted molar refractivity (Wildman–Crippen MR) is 236 cm³/mol. The number of rotatable bonds is 39. The van der Waals surface area contributed by atoms with Crippen LogP contribution in [0.2, 0.25) is 0 Å². The van der Waals surface area contributed by atoms with E-state index in [0.29, 0.717) is 32.1 Å². The lowest BCUT2D eigenvalue weighted by Gasteiger charge is -2.19. The van der Waals surface area contributed by atoms with Crippen molar-refractivity contribution in [3.8, 4) is 0 Å². The Balaban J connectivity index is 2.20. The number of hydrogen-bond donors (Lipinski definition) is 5. The molecule has 0 aromatic heterocycles. The highest BCUT2D eigenvalue weighted by molar-refractivity contribution is 7.46. The highest BCUT2D eigenvalue weighted by Crippen LogP contribution is 2.37. The highest BCUT2D eigenvalue weighted by Gasteiger charge is 2.39. The lowest BCUT2D eigenvalue weighted by molar-refractivity contribution is -0.161. The third kappa shape index (κ3) is 32.5. The molecule has 0 bridgehead atoms. The molecule has 59 heavy (non-hydrogen) atoms. The van der Waals surface area contributed by atoms with Gasteiger partial charge in [-0.25, -0.2) is 4.57 Å². The summed E-state index contributed by atoms with van der Waals surface area (Å²) in [5, 5.41) is 31.2. The standard InChI is InChI=1S/C47H85O11P/c1-3-5-7-8-9-10-11-12-13-14-15-16-17-18-19-20-21-22-23-24-29-33-46(51)56-38-41(39-57-59(53,54)55)58-47(52)34-30-26-25-28-32-42-43(45(50)37-44(42)49)36-35-40(48)31-27-6-4-2/h12-13,25,28,35-36,40-45,48-50H,3-11,14-24,26-27,29-34,37-39H2,1-2H3,(H2,53,54,55)/b13-12-,28-25+,36-35+/t40-,41+,42+,43+,44-,45+/m0/s1. The molecule has 0 aliphatic heterocycles. The Morgan fingerprint density at radius 2 is 1.15 bits per heavy atom. The third-order valence-electron chi connectivity index (χ3n) is 11.2. The summed E-state index contributed by atoms with van der Waals surface area (Å²) in [7, 11) is -4.83. The molecule has 1 fully saturated rings. The topological polar surface area (TPSA) is 180 Å². The number of allylic oxidation sites excluding steroid dienone is 4. The lowest BCUT2D eigenvalue weighted by Crippen LogP contribution is -2.29. The second kappa shape index (κ2) is 36.8. The number of hydrogen-bond acceptors (Lipinski definition) is 9. The second-order valence-electron chi connectivity index (χ2n) is 16.7. The quantitative estimate of drug-likeness (QED) is 0.0172. The molecule has 5 N–H and O–H groups in total. The molecule has 6 atom stereocenters. The average Bonchev–Trinajstić information content (AvgIpc) is 3.47. The zero-order chi connectivity index (χ0) is 43.4. The summed E-state index contributed by atoms with van der Waals surface area (Å²) in [4.78, 5) is 43.2. The first-order chi connectivity index (χ1) is 28.5. The number of unbranched alkanes of at least 4 members (excludes halogenated alkanes) is 20.